The zero-order valence-corrected chi connectivity index (χ0v) is 12.6. The van der Waals surface area contributed by atoms with Crippen LogP contribution >= 0.6 is 11.6 Å². The fourth-order valence-corrected chi connectivity index (χ4v) is 2.49. The molecule has 1 unspecified atom stereocenters. The van der Waals surface area contributed by atoms with Crippen molar-refractivity contribution in [2.45, 2.75) is 39.5 Å². The van der Waals surface area contributed by atoms with Crippen LogP contribution in [0.25, 0.3) is 0 Å². The topological polar surface area (TPSA) is 35.2 Å². The molecular formula is C15H24ClNO. The molecule has 18 heavy (non-hydrogen) atoms. The van der Waals surface area contributed by atoms with Gasteiger partial charge in [0.25, 0.3) is 0 Å². The number of aryl methyl sites for hydroxylation is 1. The molecule has 0 fully saturated rings. The number of benzene rings is 1. The summed E-state index contributed by atoms with van der Waals surface area (Å²) in [5.74, 6) is 1.93. The van der Waals surface area contributed by atoms with Gasteiger partial charge in [0.05, 0.1) is 7.11 Å². The summed E-state index contributed by atoms with van der Waals surface area (Å²) in [4.78, 5) is 0. The van der Waals surface area contributed by atoms with Gasteiger partial charge in [-0.3, -0.25) is 0 Å². The molecular weight excluding hydrogens is 246 g/mol. The lowest BCUT2D eigenvalue weighted by Crippen LogP contribution is -2.11. The van der Waals surface area contributed by atoms with E-state index >= 15 is 0 Å². The van der Waals surface area contributed by atoms with Crippen molar-refractivity contribution >= 4 is 11.6 Å². The van der Waals surface area contributed by atoms with Crippen molar-refractivity contribution in [1.82, 2.24) is 0 Å². The van der Waals surface area contributed by atoms with Crippen LogP contribution in [0.3, 0.4) is 0 Å². The minimum atomic E-state index is 0.446. The van der Waals surface area contributed by atoms with Gasteiger partial charge < -0.3 is 10.5 Å². The Kier molecular flexibility index (Phi) is 5.97. The molecule has 2 N–H and O–H groups in total. The fourth-order valence-electron chi connectivity index (χ4n) is 2.32. The average Bonchev–Trinajstić information content (AvgIpc) is 2.33. The van der Waals surface area contributed by atoms with E-state index in [1.165, 1.54) is 5.56 Å². The Morgan fingerprint density at radius 1 is 1.33 bits per heavy atom. The summed E-state index contributed by atoms with van der Waals surface area (Å²) in [7, 11) is 1.71. The molecule has 1 aromatic rings. The van der Waals surface area contributed by atoms with E-state index in [2.05, 4.69) is 19.9 Å². The number of hydrogen-bond acceptors (Lipinski definition) is 2. The summed E-state index contributed by atoms with van der Waals surface area (Å²) in [5.41, 5.74) is 7.88. The maximum Gasteiger partial charge on any atom is 0.122 e. The molecule has 0 radical (unpaired) electrons. The lowest BCUT2D eigenvalue weighted by atomic mass is 9.84. The minimum absolute atomic E-state index is 0.446. The Hall–Kier alpha value is -0.730. The Labute approximate surface area is 115 Å². The Morgan fingerprint density at radius 2 is 2.00 bits per heavy atom. The van der Waals surface area contributed by atoms with E-state index < -0.39 is 0 Å². The molecule has 102 valence electrons. The van der Waals surface area contributed by atoms with Crippen molar-refractivity contribution in [2.75, 3.05) is 13.7 Å². The lowest BCUT2D eigenvalue weighted by Gasteiger charge is -2.24. The monoisotopic (exact) mass is 269 g/mol. The number of methoxy groups -OCH3 is 1. The van der Waals surface area contributed by atoms with E-state index in [0.717, 1.165) is 35.7 Å². The second-order valence-electron chi connectivity index (χ2n) is 5.12. The summed E-state index contributed by atoms with van der Waals surface area (Å²) in [6.07, 6.45) is 2.10. The van der Waals surface area contributed by atoms with Crippen LogP contribution in [0.1, 0.15) is 43.7 Å². The molecule has 0 heterocycles. The van der Waals surface area contributed by atoms with E-state index in [0.29, 0.717) is 11.8 Å². The van der Waals surface area contributed by atoms with Crippen molar-refractivity contribution in [3.8, 4) is 5.75 Å². The van der Waals surface area contributed by atoms with Crippen molar-refractivity contribution < 1.29 is 4.74 Å². The summed E-state index contributed by atoms with van der Waals surface area (Å²) in [6, 6.07) is 4.08. The molecule has 1 aromatic carbocycles. The molecule has 0 aliphatic rings. The predicted octanol–water partition coefficient (Wildman–Crippen LogP) is 4.14. The highest BCUT2D eigenvalue weighted by Gasteiger charge is 2.20. The molecule has 1 rings (SSSR count). The van der Waals surface area contributed by atoms with E-state index in [1.54, 1.807) is 7.11 Å². The number of halogens is 1. The van der Waals surface area contributed by atoms with Crippen molar-refractivity contribution in [3.63, 3.8) is 0 Å². The third kappa shape index (κ3) is 3.63. The maximum absolute atomic E-state index is 6.25. The van der Waals surface area contributed by atoms with Crippen molar-refractivity contribution in [2.24, 2.45) is 11.7 Å². The molecule has 0 saturated carbocycles. The standard InChI is InChI=1S/C15H24ClNO/c1-10(2)12(6-5-7-17)13-9-14(16)11(3)8-15(13)18-4/h8-10,12H,5-7,17H2,1-4H3. The third-order valence-corrected chi connectivity index (χ3v) is 3.84. The van der Waals surface area contributed by atoms with E-state index in [1.807, 2.05) is 13.0 Å². The van der Waals surface area contributed by atoms with Crippen molar-refractivity contribution in [1.29, 1.82) is 0 Å². The van der Waals surface area contributed by atoms with E-state index in [-0.39, 0.29) is 0 Å². The van der Waals surface area contributed by atoms with Crippen LogP contribution < -0.4 is 10.5 Å². The average molecular weight is 270 g/mol. The molecule has 0 bridgehead atoms. The van der Waals surface area contributed by atoms with Crippen LogP contribution in [0.2, 0.25) is 5.02 Å². The normalized spacial score (nSPS) is 12.8. The molecule has 0 aromatic heterocycles. The van der Waals surface area contributed by atoms with E-state index in [4.69, 9.17) is 22.1 Å². The number of rotatable bonds is 6. The number of hydrogen-bond donors (Lipinski definition) is 1. The smallest absolute Gasteiger partial charge is 0.122 e. The third-order valence-electron chi connectivity index (χ3n) is 3.43. The fraction of sp³-hybridized carbons (Fsp3) is 0.600. The predicted molar refractivity (Wildman–Crippen MR) is 78.6 cm³/mol. The van der Waals surface area contributed by atoms with Crippen LogP contribution in [-0.2, 0) is 0 Å². The lowest BCUT2D eigenvalue weighted by molar-refractivity contribution is 0.387. The van der Waals surface area contributed by atoms with Gasteiger partial charge >= 0.3 is 0 Å². The summed E-state index contributed by atoms with van der Waals surface area (Å²) in [5, 5.41) is 0.809. The number of ether oxygens (including phenoxy) is 1. The first-order chi connectivity index (χ1) is 8.51. The van der Waals surface area contributed by atoms with Crippen molar-refractivity contribution in [3.05, 3.63) is 28.3 Å². The van der Waals surface area contributed by atoms with E-state index in [9.17, 15) is 0 Å². The highest BCUT2D eigenvalue weighted by molar-refractivity contribution is 6.31. The summed E-state index contributed by atoms with van der Waals surface area (Å²) >= 11 is 6.25. The van der Waals surface area contributed by atoms with Gasteiger partial charge in [0, 0.05) is 5.02 Å². The second-order valence-corrected chi connectivity index (χ2v) is 5.53. The molecule has 1 atom stereocenters. The van der Waals surface area contributed by atoms with Gasteiger partial charge in [-0.2, -0.15) is 0 Å². The van der Waals surface area contributed by atoms with Gasteiger partial charge in [-0.1, -0.05) is 25.4 Å². The Balaban J connectivity index is 3.13. The van der Waals surface area contributed by atoms with Gasteiger partial charge in [-0.15, -0.1) is 0 Å². The highest BCUT2D eigenvalue weighted by atomic mass is 35.5. The first-order valence-electron chi connectivity index (χ1n) is 6.55. The Bertz CT molecular complexity index is 390. The van der Waals surface area contributed by atoms with Crippen LogP contribution in [0.15, 0.2) is 12.1 Å². The molecule has 0 saturated heterocycles. The molecule has 3 heteroatoms. The van der Waals surface area contributed by atoms with Crippen LogP contribution in [0.5, 0.6) is 5.75 Å². The second kappa shape index (κ2) is 7.01. The van der Waals surface area contributed by atoms with Gasteiger partial charge in [-0.05, 0) is 61.4 Å². The highest BCUT2D eigenvalue weighted by Crippen LogP contribution is 2.38. The molecule has 2 nitrogen and oxygen atoms in total. The summed E-state index contributed by atoms with van der Waals surface area (Å²) in [6.45, 7) is 7.19. The van der Waals surface area contributed by atoms with Crippen LogP contribution in [0, 0.1) is 12.8 Å². The summed E-state index contributed by atoms with van der Waals surface area (Å²) < 4.78 is 5.50. The van der Waals surface area contributed by atoms with Gasteiger partial charge in [0.15, 0.2) is 0 Å². The zero-order chi connectivity index (χ0) is 13.7. The van der Waals surface area contributed by atoms with Gasteiger partial charge in [0.2, 0.25) is 0 Å². The van der Waals surface area contributed by atoms with Crippen LogP contribution in [-0.4, -0.2) is 13.7 Å². The number of nitrogens with two attached hydrogens (primary N) is 1. The quantitative estimate of drug-likeness (QED) is 0.843. The first-order valence-corrected chi connectivity index (χ1v) is 6.93. The minimum Gasteiger partial charge on any atom is -0.496 e. The Morgan fingerprint density at radius 3 is 2.50 bits per heavy atom. The first kappa shape index (κ1) is 15.3. The maximum atomic E-state index is 6.25. The zero-order valence-electron chi connectivity index (χ0n) is 11.8. The largest absolute Gasteiger partial charge is 0.496 e. The van der Waals surface area contributed by atoms with Gasteiger partial charge in [0.1, 0.15) is 5.75 Å². The van der Waals surface area contributed by atoms with Gasteiger partial charge in [-0.25, -0.2) is 0 Å². The molecule has 0 amide bonds. The molecule has 0 aliphatic heterocycles. The SMILES string of the molecule is COc1cc(C)c(Cl)cc1C(CCCN)C(C)C. The molecule has 0 aliphatic carbocycles. The van der Waals surface area contributed by atoms with Crippen LogP contribution in [0.4, 0.5) is 0 Å². The molecule has 0 spiro atoms.